The second-order valence-electron chi connectivity index (χ2n) is 5.93. The first-order valence-corrected chi connectivity index (χ1v) is 8.31. The molecule has 0 radical (unpaired) electrons. The Morgan fingerprint density at radius 2 is 2.20 bits per heavy atom. The maximum Gasteiger partial charge on any atom is 0.147 e. The van der Waals surface area contributed by atoms with Gasteiger partial charge in [-0.05, 0) is 37.9 Å². The number of rotatable bonds is 2. The number of aromatic nitrogens is 1. The van der Waals surface area contributed by atoms with Gasteiger partial charge in [0.2, 0.25) is 0 Å². The monoisotopic (exact) mass is 313 g/mol. The van der Waals surface area contributed by atoms with Crippen LogP contribution in [-0.2, 0) is 5.88 Å². The lowest BCUT2D eigenvalue weighted by Gasteiger charge is -2.48. The molecule has 3 nitrogen and oxygen atoms in total. The number of alkyl halides is 1. The molecule has 2 aliphatic heterocycles. The van der Waals surface area contributed by atoms with Crippen LogP contribution in [0, 0.1) is 0 Å². The number of hydrogen-bond acceptors (Lipinski definition) is 3. The summed E-state index contributed by atoms with van der Waals surface area (Å²) in [5.74, 6) is 1.37. The summed E-state index contributed by atoms with van der Waals surface area (Å²) in [5, 5.41) is 0.722. The fourth-order valence-electron chi connectivity index (χ4n) is 3.40. The molecule has 2 fully saturated rings. The van der Waals surface area contributed by atoms with Gasteiger partial charge in [-0.2, -0.15) is 0 Å². The molecule has 0 saturated carbocycles. The van der Waals surface area contributed by atoms with E-state index in [1.807, 2.05) is 12.3 Å². The lowest BCUT2D eigenvalue weighted by molar-refractivity contribution is 0.115. The number of hydrogen-bond donors (Lipinski definition) is 0. The number of halogens is 2. The molecule has 0 aromatic carbocycles. The van der Waals surface area contributed by atoms with Crippen molar-refractivity contribution < 1.29 is 0 Å². The predicted molar refractivity (Wildman–Crippen MR) is 84.8 cm³/mol. The van der Waals surface area contributed by atoms with Crippen molar-refractivity contribution in [2.75, 3.05) is 24.5 Å². The van der Waals surface area contributed by atoms with Gasteiger partial charge in [0.1, 0.15) is 5.82 Å². The number of pyridine rings is 1. The minimum Gasteiger partial charge on any atom is -0.350 e. The van der Waals surface area contributed by atoms with Crippen LogP contribution in [0.25, 0.3) is 0 Å². The molecule has 0 spiro atoms. The fraction of sp³-hybridized carbons (Fsp3) is 0.667. The summed E-state index contributed by atoms with van der Waals surface area (Å²) >= 11 is 12.2. The van der Waals surface area contributed by atoms with Crippen molar-refractivity contribution in [2.24, 2.45) is 0 Å². The Balaban J connectivity index is 1.82. The highest BCUT2D eigenvalue weighted by molar-refractivity contribution is 6.33. The Morgan fingerprint density at radius 1 is 1.35 bits per heavy atom. The van der Waals surface area contributed by atoms with Crippen molar-refractivity contribution in [3.63, 3.8) is 0 Å². The van der Waals surface area contributed by atoms with Crippen LogP contribution in [0.5, 0.6) is 0 Å². The second-order valence-corrected chi connectivity index (χ2v) is 6.60. The summed E-state index contributed by atoms with van der Waals surface area (Å²) in [4.78, 5) is 9.55. The number of nitrogens with zero attached hydrogens (tertiary/aromatic N) is 3. The van der Waals surface area contributed by atoms with Crippen LogP contribution in [0.4, 0.5) is 5.82 Å². The quantitative estimate of drug-likeness (QED) is 0.779. The largest absolute Gasteiger partial charge is 0.350 e. The SMILES string of the molecule is CC1CN2CCCCC2CN1c1ncc(CCl)cc1Cl. The van der Waals surface area contributed by atoms with E-state index in [0.29, 0.717) is 18.0 Å². The second kappa shape index (κ2) is 6.08. The standard InChI is InChI=1S/C15H21Cl2N3/c1-11-9-19-5-3-2-4-13(19)10-20(11)15-14(17)6-12(7-16)8-18-15/h6,8,11,13H,2-5,7,9-10H2,1H3. The Bertz CT molecular complexity index is 480. The van der Waals surface area contributed by atoms with Crippen molar-refractivity contribution in [3.8, 4) is 0 Å². The summed E-state index contributed by atoms with van der Waals surface area (Å²) in [5.41, 5.74) is 0.976. The molecule has 3 heterocycles. The van der Waals surface area contributed by atoms with Crippen LogP contribution in [0.1, 0.15) is 31.7 Å². The van der Waals surface area contributed by atoms with E-state index in [1.54, 1.807) is 0 Å². The molecule has 0 N–H and O–H groups in total. The summed E-state index contributed by atoms with van der Waals surface area (Å²) in [6.07, 6.45) is 5.82. The van der Waals surface area contributed by atoms with Crippen molar-refractivity contribution in [3.05, 3.63) is 22.8 Å². The van der Waals surface area contributed by atoms with Gasteiger partial charge in [-0.3, -0.25) is 4.90 Å². The molecule has 1 aromatic rings. The van der Waals surface area contributed by atoms with Crippen LogP contribution >= 0.6 is 23.2 Å². The van der Waals surface area contributed by atoms with Crippen LogP contribution in [0.15, 0.2) is 12.3 Å². The van der Waals surface area contributed by atoms with Gasteiger partial charge in [-0.1, -0.05) is 18.0 Å². The number of fused-ring (bicyclic) bond motifs is 1. The molecule has 0 aliphatic carbocycles. The van der Waals surface area contributed by atoms with Gasteiger partial charge in [0.05, 0.1) is 5.02 Å². The maximum atomic E-state index is 6.41. The molecule has 2 unspecified atom stereocenters. The zero-order valence-electron chi connectivity index (χ0n) is 11.9. The minimum atomic E-state index is 0.455. The first-order chi connectivity index (χ1) is 9.69. The van der Waals surface area contributed by atoms with E-state index in [1.165, 1.54) is 25.8 Å². The zero-order chi connectivity index (χ0) is 14.1. The molecule has 20 heavy (non-hydrogen) atoms. The highest BCUT2D eigenvalue weighted by Gasteiger charge is 2.34. The summed E-state index contributed by atoms with van der Waals surface area (Å²) in [6.45, 7) is 5.65. The van der Waals surface area contributed by atoms with Gasteiger partial charge in [-0.15, -0.1) is 11.6 Å². The smallest absolute Gasteiger partial charge is 0.147 e. The average molecular weight is 314 g/mol. The summed E-state index contributed by atoms with van der Waals surface area (Å²) in [6, 6.07) is 3.05. The van der Waals surface area contributed by atoms with E-state index in [2.05, 4.69) is 21.7 Å². The van der Waals surface area contributed by atoms with Gasteiger partial charge in [0, 0.05) is 37.3 Å². The third-order valence-electron chi connectivity index (χ3n) is 4.49. The lowest BCUT2D eigenvalue weighted by Crippen LogP contribution is -2.59. The molecule has 110 valence electrons. The van der Waals surface area contributed by atoms with Crippen molar-refractivity contribution in [1.82, 2.24) is 9.88 Å². The van der Waals surface area contributed by atoms with Gasteiger partial charge >= 0.3 is 0 Å². The Morgan fingerprint density at radius 3 is 2.95 bits per heavy atom. The highest BCUT2D eigenvalue weighted by atomic mass is 35.5. The molecule has 0 bridgehead atoms. The third kappa shape index (κ3) is 2.76. The number of anilines is 1. The maximum absolute atomic E-state index is 6.41. The van der Waals surface area contributed by atoms with Gasteiger partial charge in [0.25, 0.3) is 0 Å². The lowest BCUT2D eigenvalue weighted by atomic mass is 9.97. The topological polar surface area (TPSA) is 19.4 Å². The van der Waals surface area contributed by atoms with E-state index in [4.69, 9.17) is 23.2 Å². The Labute approximate surface area is 130 Å². The molecular formula is C15H21Cl2N3. The molecule has 3 rings (SSSR count). The Kier molecular flexibility index (Phi) is 4.39. The van der Waals surface area contributed by atoms with E-state index in [0.717, 1.165) is 29.5 Å². The van der Waals surface area contributed by atoms with Crippen LogP contribution in [0.2, 0.25) is 5.02 Å². The van der Waals surface area contributed by atoms with E-state index in [9.17, 15) is 0 Å². The first kappa shape index (κ1) is 14.4. The van der Waals surface area contributed by atoms with Crippen LogP contribution in [0.3, 0.4) is 0 Å². The Hall–Kier alpha value is -0.510. The van der Waals surface area contributed by atoms with E-state index < -0.39 is 0 Å². The molecule has 2 aliphatic rings. The average Bonchev–Trinajstić information content (AvgIpc) is 2.46. The molecule has 5 heteroatoms. The van der Waals surface area contributed by atoms with E-state index >= 15 is 0 Å². The van der Waals surface area contributed by atoms with Crippen molar-refractivity contribution in [2.45, 2.75) is 44.1 Å². The zero-order valence-corrected chi connectivity index (χ0v) is 13.4. The summed E-state index contributed by atoms with van der Waals surface area (Å²) < 4.78 is 0. The van der Waals surface area contributed by atoms with E-state index in [-0.39, 0.29) is 0 Å². The normalized spacial score (nSPS) is 27.4. The van der Waals surface area contributed by atoms with Crippen molar-refractivity contribution >= 4 is 29.0 Å². The number of piperidine rings is 1. The molecule has 0 amide bonds. The third-order valence-corrected chi connectivity index (χ3v) is 5.08. The van der Waals surface area contributed by atoms with Gasteiger partial charge in [-0.25, -0.2) is 4.98 Å². The number of piperazine rings is 1. The molecular weight excluding hydrogens is 293 g/mol. The van der Waals surface area contributed by atoms with Crippen LogP contribution in [-0.4, -0.2) is 41.6 Å². The molecule has 2 atom stereocenters. The first-order valence-electron chi connectivity index (χ1n) is 7.40. The minimum absolute atomic E-state index is 0.455. The highest BCUT2D eigenvalue weighted by Crippen LogP contribution is 2.31. The van der Waals surface area contributed by atoms with Gasteiger partial charge in [0.15, 0.2) is 0 Å². The molecule has 1 aromatic heterocycles. The molecule has 2 saturated heterocycles. The fourth-order valence-corrected chi connectivity index (χ4v) is 3.85. The van der Waals surface area contributed by atoms with Crippen LogP contribution < -0.4 is 4.90 Å². The van der Waals surface area contributed by atoms with Gasteiger partial charge < -0.3 is 4.90 Å². The predicted octanol–water partition coefficient (Wildman–Crippen LogP) is 3.54. The van der Waals surface area contributed by atoms with Crippen molar-refractivity contribution in [1.29, 1.82) is 0 Å². The summed E-state index contributed by atoms with van der Waals surface area (Å²) in [7, 11) is 0.